The molecule has 66 valence electrons. The van der Waals surface area contributed by atoms with E-state index in [1.165, 1.54) is 11.3 Å². The van der Waals surface area contributed by atoms with Crippen molar-refractivity contribution in [2.45, 2.75) is 26.8 Å². The highest BCUT2D eigenvalue weighted by Gasteiger charge is 2.00. The van der Waals surface area contributed by atoms with Crippen LogP contribution in [0.2, 0.25) is 0 Å². The normalized spacial score (nSPS) is 10.2. The first-order valence-electron chi connectivity index (χ1n) is 3.90. The van der Waals surface area contributed by atoms with Gasteiger partial charge >= 0.3 is 4.87 Å². The van der Waals surface area contributed by atoms with Crippen LogP contribution in [0.15, 0.2) is 22.3 Å². The molecule has 3 heteroatoms. The molecule has 0 atom stereocenters. The summed E-state index contributed by atoms with van der Waals surface area (Å²) in [6.07, 6.45) is 0.886. The minimum absolute atomic E-state index is 0.133. The maximum absolute atomic E-state index is 11.2. The van der Waals surface area contributed by atoms with Gasteiger partial charge < -0.3 is 4.57 Å². The first kappa shape index (κ1) is 9.26. The third kappa shape index (κ3) is 2.08. The first-order valence-corrected chi connectivity index (χ1v) is 4.78. The van der Waals surface area contributed by atoms with E-state index < -0.39 is 0 Å². The van der Waals surface area contributed by atoms with Crippen molar-refractivity contribution in [3.05, 3.63) is 32.9 Å². The van der Waals surface area contributed by atoms with Crippen molar-refractivity contribution < 1.29 is 0 Å². The summed E-state index contributed by atoms with van der Waals surface area (Å²) < 4.78 is 1.79. The molecule has 1 heterocycles. The molecule has 0 saturated heterocycles. The van der Waals surface area contributed by atoms with Crippen molar-refractivity contribution in [2.24, 2.45) is 0 Å². The zero-order valence-corrected chi connectivity index (χ0v) is 8.28. The molecule has 0 unspecified atom stereocenters. The van der Waals surface area contributed by atoms with Gasteiger partial charge in [0.2, 0.25) is 0 Å². The van der Waals surface area contributed by atoms with E-state index in [-0.39, 0.29) is 4.87 Å². The van der Waals surface area contributed by atoms with E-state index in [4.69, 9.17) is 0 Å². The summed E-state index contributed by atoms with van der Waals surface area (Å²) in [6, 6.07) is 0. The predicted molar refractivity (Wildman–Crippen MR) is 52.7 cm³/mol. The van der Waals surface area contributed by atoms with Crippen LogP contribution < -0.4 is 4.87 Å². The van der Waals surface area contributed by atoms with Crippen LogP contribution in [0.4, 0.5) is 0 Å². The minimum atomic E-state index is 0.133. The molecule has 0 N–H and O–H groups in total. The average Bonchev–Trinajstić information content (AvgIpc) is 2.28. The van der Waals surface area contributed by atoms with Crippen LogP contribution in [-0.4, -0.2) is 4.57 Å². The fourth-order valence-corrected chi connectivity index (χ4v) is 1.74. The Kier molecular flexibility index (Phi) is 2.87. The van der Waals surface area contributed by atoms with Gasteiger partial charge in [0.25, 0.3) is 0 Å². The molecular weight excluding hydrogens is 170 g/mol. The zero-order valence-electron chi connectivity index (χ0n) is 7.46. The Bertz CT molecular complexity index is 335. The second kappa shape index (κ2) is 3.72. The summed E-state index contributed by atoms with van der Waals surface area (Å²) in [5.74, 6) is 0. The Morgan fingerprint density at radius 3 is 2.83 bits per heavy atom. The lowest BCUT2D eigenvalue weighted by Gasteiger charge is -2.02. The first-order chi connectivity index (χ1) is 5.61. The van der Waals surface area contributed by atoms with E-state index in [2.05, 4.69) is 6.58 Å². The number of hydrogen-bond donors (Lipinski definition) is 0. The van der Waals surface area contributed by atoms with Gasteiger partial charge in [-0.15, -0.1) is 6.58 Å². The van der Waals surface area contributed by atoms with Crippen LogP contribution >= 0.6 is 11.3 Å². The molecule has 0 aliphatic carbocycles. The highest BCUT2D eigenvalue weighted by Crippen LogP contribution is 2.03. The number of thiazole rings is 1. The van der Waals surface area contributed by atoms with Gasteiger partial charge in [0.05, 0.1) is 0 Å². The lowest BCUT2D eigenvalue weighted by Crippen LogP contribution is -2.14. The van der Waals surface area contributed by atoms with Gasteiger partial charge in [-0.05, 0) is 20.3 Å². The van der Waals surface area contributed by atoms with Crippen LogP contribution in [0.1, 0.15) is 19.0 Å². The Morgan fingerprint density at radius 2 is 2.42 bits per heavy atom. The predicted octanol–water partition coefficient (Wildman–Crippen LogP) is 2.18. The fourth-order valence-electron chi connectivity index (χ4n) is 0.977. The van der Waals surface area contributed by atoms with Crippen molar-refractivity contribution >= 4 is 11.3 Å². The lowest BCUT2D eigenvalue weighted by atomic mass is 10.2. The maximum Gasteiger partial charge on any atom is 0.307 e. The molecular formula is C9H13NOS. The van der Waals surface area contributed by atoms with Gasteiger partial charge in [-0.3, -0.25) is 4.79 Å². The van der Waals surface area contributed by atoms with E-state index in [9.17, 15) is 4.79 Å². The van der Waals surface area contributed by atoms with E-state index in [1.54, 1.807) is 4.57 Å². The molecule has 0 aliphatic heterocycles. The molecule has 0 radical (unpaired) electrons. The largest absolute Gasteiger partial charge is 0.307 e. The van der Waals surface area contributed by atoms with E-state index in [0.29, 0.717) is 0 Å². The second-order valence-corrected chi connectivity index (χ2v) is 3.82. The van der Waals surface area contributed by atoms with Gasteiger partial charge in [-0.25, -0.2) is 0 Å². The van der Waals surface area contributed by atoms with Crippen LogP contribution in [0.3, 0.4) is 0 Å². The average molecular weight is 183 g/mol. The van der Waals surface area contributed by atoms with Crippen molar-refractivity contribution in [1.82, 2.24) is 4.57 Å². The third-order valence-electron chi connectivity index (χ3n) is 1.74. The molecule has 2 nitrogen and oxygen atoms in total. The maximum atomic E-state index is 11.2. The molecule has 0 aromatic carbocycles. The molecule has 0 aliphatic rings. The molecule has 0 spiro atoms. The van der Waals surface area contributed by atoms with Crippen molar-refractivity contribution in [3.63, 3.8) is 0 Å². The van der Waals surface area contributed by atoms with E-state index in [1.807, 2.05) is 19.2 Å². The Balaban J connectivity index is 2.75. The van der Waals surface area contributed by atoms with Gasteiger partial charge in [-0.2, -0.15) is 0 Å². The summed E-state index contributed by atoms with van der Waals surface area (Å²) in [5, 5.41) is 1.89. The number of hydrogen-bond acceptors (Lipinski definition) is 2. The van der Waals surface area contributed by atoms with Crippen LogP contribution in [-0.2, 0) is 6.54 Å². The lowest BCUT2D eigenvalue weighted by molar-refractivity contribution is 0.664. The van der Waals surface area contributed by atoms with Gasteiger partial charge in [0.1, 0.15) is 0 Å². The second-order valence-electron chi connectivity index (χ2n) is 3.00. The smallest absolute Gasteiger partial charge is 0.303 e. The SMILES string of the molecule is C=C(C)CCn1c(C)csc1=O. The van der Waals surface area contributed by atoms with Gasteiger partial charge in [0.15, 0.2) is 0 Å². The highest BCUT2D eigenvalue weighted by molar-refractivity contribution is 7.07. The molecule has 0 saturated carbocycles. The molecule has 0 bridgehead atoms. The van der Waals surface area contributed by atoms with Crippen molar-refractivity contribution in [2.75, 3.05) is 0 Å². The Labute approximate surface area is 76.2 Å². The molecule has 1 aromatic heterocycles. The summed E-state index contributed by atoms with van der Waals surface area (Å²) in [4.78, 5) is 11.3. The number of aromatic nitrogens is 1. The number of rotatable bonds is 3. The Morgan fingerprint density at radius 1 is 1.75 bits per heavy atom. The fraction of sp³-hybridized carbons (Fsp3) is 0.444. The summed E-state index contributed by atoms with van der Waals surface area (Å²) in [5.41, 5.74) is 2.17. The summed E-state index contributed by atoms with van der Waals surface area (Å²) in [7, 11) is 0. The number of aryl methyl sites for hydroxylation is 1. The summed E-state index contributed by atoms with van der Waals surface area (Å²) >= 11 is 1.26. The number of nitrogens with zero attached hydrogens (tertiary/aromatic N) is 1. The standard InChI is InChI=1S/C9H13NOS/c1-7(2)4-5-10-8(3)6-12-9(10)11/h6H,1,4-5H2,2-3H3. The molecule has 12 heavy (non-hydrogen) atoms. The molecule has 1 aromatic rings. The van der Waals surface area contributed by atoms with Crippen LogP contribution in [0, 0.1) is 6.92 Å². The van der Waals surface area contributed by atoms with Crippen molar-refractivity contribution in [3.8, 4) is 0 Å². The van der Waals surface area contributed by atoms with E-state index >= 15 is 0 Å². The van der Waals surface area contributed by atoms with Crippen LogP contribution in [0.25, 0.3) is 0 Å². The molecule has 0 amide bonds. The summed E-state index contributed by atoms with van der Waals surface area (Å²) in [6.45, 7) is 8.50. The quantitative estimate of drug-likeness (QED) is 0.658. The molecule has 0 fully saturated rings. The monoisotopic (exact) mass is 183 g/mol. The highest BCUT2D eigenvalue weighted by atomic mass is 32.1. The van der Waals surface area contributed by atoms with E-state index in [0.717, 1.165) is 24.2 Å². The zero-order chi connectivity index (χ0) is 9.14. The van der Waals surface area contributed by atoms with Gasteiger partial charge in [0, 0.05) is 17.6 Å². The third-order valence-corrected chi connectivity index (χ3v) is 2.62. The number of allylic oxidation sites excluding steroid dienone is 1. The minimum Gasteiger partial charge on any atom is -0.303 e. The van der Waals surface area contributed by atoms with Crippen LogP contribution in [0.5, 0.6) is 0 Å². The topological polar surface area (TPSA) is 22.0 Å². The Hall–Kier alpha value is -0.830. The van der Waals surface area contributed by atoms with Gasteiger partial charge in [-0.1, -0.05) is 16.9 Å². The van der Waals surface area contributed by atoms with Crippen molar-refractivity contribution in [1.29, 1.82) is 0 Å². The molecule has 1 rings (SSSR count).